The van der Waals surface area contributed by atoms with E-state index in [1.54, 1.807) is 0 Å². The van der Waals surface area contributed by atoms with E-state index >= 15 is 0 Å². The summed E-state index contributed by atoms with van der Waals surface area (Å²) in [5.74, 6) is 0.779. The van der Waals surface area contributed by atoms with Gasteiger partial charge in [0.1, 0.15) is 10.6 Å². The lowest BCUT2D eigenvalue weighted by atomic mass is 9.73. The zero-order chi connectivity index (χ0) is 17.0. The van der Waals surface area contributed by atoms with Crippen LogP contribution >= 0.6 is 11.3 Å². The zero-order valence-corrected chi connectivity index (χ0v) is 15.4. The minimum absolute atomic E-state index is 0.0643. The highest BCUT2D eigenvalue weighted by Gasteiger charge is 2.47. The Hall–Kier alpha value is -1.11. The number of ether oxygens (including phenoxy) is 3. The standard InChI is InChI=1S/C18H27NO4S/c1-3-21-13-18-8-5-10-23-15(18)6-9-19(12-18)17(20)16-14(22-4-2)7-11-24-16/h7,11,15H,3-6,8-10,12-13H2,1-2H3/t15-,18+/m1/s1. The first-order valence-electron chi connectivity index (χ1n) is 8.89. The monoisotopic (exact) mass is 353 g/mol. The fourth-order valence-corrected chi connectivity index (χ4v) is 4.65. The van der Waals surface area contributed by atoms with E-state index in [2.05, 4.69) is 0 Å². The van der Waals surface area contributed by atoms with Crippen LogP contribution in [-0.4, -0.2) is 56.4 Å². The molecule has 3 rings (SSSR count). The lowest BCUT2D eigenvalue weighted by molar-refractivity contribution is -0.145. The van der Waals surface area contributed by atoms with Gasteiger partial charge in [0.15, 0.2) is 0 Å². The van der Waals surface area contributed by atoms with Gasteiger partial charge in [0, 0.05) is 31.7 Å². The highest BCUT2D eigenvalue weighted by Crippen LogP contribution is 2.41. The second-order valence-electron chi connectivity index (χ2n) is 6.52. The molecule has 0 N–H and O–H groups in total. The summed E-state index contributed by atoms with van der Waals surface area (Å²) in [5.41, 5.74) is -0.0643. The van der Waals surface area contributed by atoms with Crippen molar-refractivity contribution in [2.24, 2.45) is 5.41 Å². The van der Waals surface area contributed by atoms with Crippen molar-refractivity contribution in [3.63, 3.8) is 0 Å². The third-order valence-corrected chi connectivity index (χ3v) is 5.88. The Morgan fingerprint density at radius 2 is 2.33 bits per heavy atom. The highest BCUT2D eigenvalue weighted by molar-refractivity contribution is 7.12. The Balaban J connectivity index is 1.77. The Morgan fingerprint density at radius 3 is 3.12 bits per heavy atom. The first-order chi connectivity index (χ1) is 11.7. The number of likely N-dealkylation sites (tertiary alicyclic amines) is 1. The molecule has 134 valence electrons. The fourth-order valence-electron chi connectivity index (χ4n) is 3.85. The van der Waals surface area contributed by atoms with Crippen LogP contribution in [0.5, 0.6) is 5.75 Å². The van der Waals surface area contributed by atoms with Gasteiger partial charge in [-0.2, -0.15) is 0 Å². The van der Waals surface area contributed by atoms with Gasteiger partial charge in [-0.15, -0.1) is 11.3 Å². The Kier molecular flexibility index (Phi) is 5.79. The van der Waals surface area contributed by atoms with Gasteiger partial charge >= 0.3 is 0 Å². The molecule has 5 nitrogen and oxygen atoms in total. The Bertz CT molecular complexity index is 561. The van der Waals surface area contributed by atoms with E-state index in [1.807, 2.05) is 30.2 Å². The van der Waals surface area contributed by atoms with Crippen molar-refractivity contribution in [1.29, 1.82) is 0 Å². The van der Waals surface area contributed by atoms with Crippen LogP contribution in [0.4, 0.5) is 0 Å². The van der Waals surface area contributed by atoms with Crippen molar-refractivity contribution in [3.8, 4) is 5.75 Å². The molecule has 1 amide bonds. The van der Waals surface area contributed by atoms with Crippen LogP contribution in [-0.2, 0) is 9.47 Å². The van der Waals surface area contributed by atoms with Gasteiger partial charge in [-0.05, 0) is 44.6 Å². The van der Waals surface area contributed by atoms with Crippen molar-refractivity contribution in [1.82, 2.24) is 4.90 Å². The summed E-state index contributed by atoms with van der Waals surface area (Å²) < 4.78 is 17.4. The molecule has 24 heavy (non-hydrogen) atoms. The summed E-state index contributed by atoms with van der Waals surface area (Å²) >= 11 is 1.46. The molecule has 0 saturated carbocycles. The van der Waals surface area contributed by atoms with E-state index in [1.165, 1.54) is 11.3 Å². The smallest absolute Gasteiger partial charge is 0.267 e. The lowest BCUT2D eigenvalue weighted by Crippen LogP contribution is -2.58. The number of nitrogens with zero attached hydrogens (tertiary/aromatic N) is 1. The molecule has 1 aromatic rings. The van der Waals surface area contributed by atoms with E-state index in [0.717, 1.165) is 32.4 Å². The second-order valence-corrected chi connectivity index (χ2v) is 7.44. The normalized spacial score (nSPS) is 26.9. The molecule has 6 heteroatoms. The average molecular weight is 353 g/mol. The van der Waals surface area contributed by atoms with Gasteiger partial charge in [0.2, 0.25) is 0 Å². The summed E-state index contributed by atoms with van der Waals surface area (Å²) in [7, 11) is 0. The summed E-state index contributed by atoms with van der Waals surface area (Å²) in [6.07, 6.45) is 3.18. The summed E-state index contributed by atoms with van der Waals surface area (Å²) in [6.45, 7) is 8.16. The molecule has 2 fully saturated rings. The van der Waals surface area contributed by atoms with Gasteiger partial charge in [-0.1, -0.05) is 0 Å². The van der Waals surface area contributed by atoms with Crippen LogP contribution in [0.15, 0.2) is 11.4 Å². The van der Waals surface area contributed by atoms with Crippen LogP contribution in [0.1, 0.15) is 42.8 Å². The number of carbonyl (C=O) groups excluding carboxylic acids is 1. The maximum absolute atomic E-state index is 13.0. The Labute approximate surface area is 147 Å². The van der Waals surface area contributed by atoms with Gasteiger partial charge in [-0.3, -0.25) is 4.79 Å². The third kappa shape index (κ3) is 3.46. The second kappa shape index (κ2) is 7.85. The predicted octanol–water partition coefficient (Wildman–Crippen LogP) is 3.19. The number of piperidine rings is 1. The minimum atomic E-state index is -0.0643. The quantitative estimate of drug-likeness (QED) is 0.788. The average Bonchev–Trinajstić information content (AvgIpc) is 3.07. The lowest BCUT2D eigenvalue weighted by Gasteiger charge is -2.50. The van der Waals surface area contributed by atoms with Crippen molar-refractivity contribution in [2.45, 2.75) is 39.2 Å². The van der Waals surface area contributed by atoms with Crippen LogP contribution in [0.3, 0.4) is 0 Å². The van der Waals surface area contributed by atoms with E-state index in [-0.39, 0.29) is 17.4 Å². The highest BCUT2D eigenvalue weighted by atomic mass is 32.1. The van der Waals surface area contributed by atoms with Crippen LogP contribution in [0, 0.1) is 5.41 Å². The van der Waals surface area contributed by atoms with Crippen molar-refractivity contribution in [2.75, 3.05) is 39.5 Å². The molecular formula is C18H27NO4S. The predicted molar refractivity (Wildman–Crippen MR) is 93.9 cm³/mol. The molecule has 0 spiro atoms. The summed E-state index contributed by atoms with van der Waals surface area (Å²) in [4.78, 5) is 15.7. The number of amides is 1. The van der Waals surface area contributed by atoms with E-state index < -0.39 is 0 Å². The molecule has 0 radical (unpaired) electrons. The summed E-state index contributed by atoms with van der Waals surface area (Å²) in [6, 6.07) is 1.88. The maximum atomic E-state index is 13.0. The van der Waals surface area contributed by atoms with Crippen LogP contribution in [0.25, 0.3) is 0 Å². The molecule has 2 aliphatic rings. The van der Waals surface area contributed by atoms with Crippen molar-refractivity contribution < 1.29 is 19.0 Å². The maximum Gasteiger partial charge on any atom is 0.267 e. The SMILES string of the molecule is CCOC[C@@]12CCCO[C@@H]1CCN(C(=O)c1sccc1OCC)C2. The van der Waals surface area contributed by atoms with Crippen LogP contribution < -0.4 is 4.74 Å². The molecule has 0 bridgehead atoms. The molecule has 0 aromatic carbocycles. The summed E-state index contributed by atoms with van der Waals surface area (Å²) in [5, 5.41) is 1.92. The molecule has 2 aliphatic heterocycles. The fraction of sp³-hybridized carbons (Fsp3) is 0.722. The Morgan fingerprint density at radius 1 is 1.46 bits per heavy atom. The number of hydrogen-bond donors (Lipinski definition) is 0. The number of rotatable bonds is 6. The molecule has 0 aliphatic carbocycles. The van der Waals surface area contributed by atoms with E-state index in [0.29, 0.717) is 37.0 Å². The molecule has 3 heterocycles. The van der Waals surface area contributed by atoms with Gasteiger partial charge in [-0.25, -0.2) is 0 Å². The number of thiophene rings is 1. The third-order valence-electron chi connectivity index (χ3n) is 4.99. The first kappa shape index (κ1) is 17.7. The number of hydrogen-bond acceptors (Lipinski definition) is 5. The topological polar surface area (TPSA) is 48.0 Å². The van der Waals surface area contributed by atoms with Crippen molar-refractivity contribution in [3.05, 3.63) is 16.3 Å². The number of carbonyl (C=O) groups is 1. The molecule has 2 saturated heterocycles. The first-order valence-corrected chi connectivity index (χ1v) is 9.77. The van der Waals surface area contributed by atoms with Gasteiger partial charge in [0.25, 0.3) is 5.91 Å². The number of fused-ring (bicyclic) bond motifs is 1. The molecular weight excluding hydrogens is 326 g/mol. The molecule has 0 unspecified atom stereocenters. The van der Waals surface area contributed by atoms with Gasteiger partial charge in [0.05, 0.1) is 19.3 Å². The molecule has 2 atom stereocenters. The minimum Gasteiger partial charge on any atom is -0.492 e. The zero-order valence-electron chi connectivity index (χ0n) is 14.6. The van der Waals surface area contributed by atoms with Gasteiger partial charge < -0.3 is 19.1 Å². The van der Waals surface area contributed by atoms with Crippen LogP contribution in [0.2, 0.25) is 0 Å². The molecule has 1 aromatic heterocycles. The van der Waals surface area contributed by atoms with E-state index in [9.17, 15) is 4.79 Å². The largest absolute Gasteiger partial charge is 0.492 e. The van der Waals surface area contributed by atoms with E-state index in [4.69, 9.17) is 14.2 Å². The van der Waals surface area contributed by atoms with Crippen molar-refractivity contribution >= 4 is 17.2 Å².